The van der Waals surface area contributed by atoms with Crippen molar-refractivity contribution < 1.29 is 9.18 Å². The number of amides is 1. The van der Waals surface area contributed by atoms with Crippen LogP contribution < -0.4 is 5.73 Å². The van der Waals surface area contributed by atoms with Crippen LogP contribution in [0.1, 0.15) is 38.2 Å². The second-order valence-electron chi connectivity index (χ2n) is 6.23. The fraction of sp³-hybridized carbons (Fsp3) is 0.562. The number of rotatable bonds is 3. The SMILES string of the molecule is CN(Cc1ccc(F)cc1Cl)C(=O)C1CCCCC1(C)N.Cl. The molecule has 124 valence electrons. The Morgan fingerprint density at radius 3 is 2.77 bits per heavy atom. The van der Waals surface area contributed by atoms with Gasteiger partial charge in [0, 0.05) is 24.2 Å². The Kier molecular flexibility index (Phi) is 6.65. The van der Waals surface area contributed by atoms with Crippen LogP contribution in [0.15, 0.2) is 18.2 Å². The third-order valence-electron chi connectivity index (χ3n) is 4.35. The molecule has 1 amide bonds. The highest BCUT2D eigenvalue weighted by Crippen LogP contribution is 2.33. The van der Waals surface area contributed by atoms with Gasteiger partial charge in [-0.25, -0.2) is 4.39 Å². The molecule has 2 unspecified atom stereocenters. The predicted octanol–water partition coefficient (Wildman–Crippen LogP) is 3.77. The van der Waals surface area contributed by atoms with Crippen LogP contribution in [0.25, 0.3) is 0 Å². The summed E-state index contributed by atoms with van der Waals surface area (Å²) in [6.45, 7) is 2.32. The summed E-state index contributed by atoms with van der Waals surface area (Å²) in [7, 11) is 1.74. The first-order valence-corrected chi connectivity index (χ1v) is 7.67. The molecule has 1 saturated carbocycles. The predicted molar refractivity (Wildman–Crippen MR) is 89.7 cm³/mol. The summed E-state index contributed by atoms with van der Waals surface area (Å²) in [5.74, 6) is -0.491. The van der Waals surface area contributed by atoms with Crippen LogP contribution in [0.3, 0.4) is 0 Å². The van der Waals surface area contributed by atoms with Gasteiger partial charge in [0.1, 0.15) is 5.82 Å². The zero-order chi connectivity index (χ0) is 15.6. The van der Waals surface area contributed by atoms with Crippen molar-refractivity contribution in [2.24, 2.45) is 11.7 Å². The van der Waals surface area contributed by atoms with Gasteiger partial charge in [-0.3, -0.25) is 4.79 Å². The molecule has 2 N–H and O–H groups in total. The lowest BCUT2D eigenvalue weighted by Crippen LogP contribution is -2.53. The van der Waals surface area contributed by atoms with E-state index in [-0.39, 0.29) is 30.0 Å². The van der Waals surface area contributed by atoms with E-state index in [0.717, 1.165) is 31.2 Å². The summed E-state index contributed by atoms with van der Waals surface area (Å²) in [4.78, 5) is 14.3. The normalized spacial score (nSPS) is 24.5. The molecule has 1 aromatic rings. The molecule has 0 aromatic heterocycles. The molecule has 2 rings (SSSR count). The van der Waals surface area contributed by atoms with E-state index >= 15 is 0 Å². The fourth-order valence-electron chi connectivity index (χ4n) is 3.01. The molecule has 0 saturated heterocycles. The topological polar surface area (TPSA) is 46.3 Å². The number of carbonyl (C=O) groups is 1. The third kappa shape index (κ3) is 4.34. The highest BCUT2D eigenvalue weighted by molar-refractivity contribution is 6.31. The molecule has 0 bridgehead atoms. The van der Waals surface area contributed by atoms with E-state index in [1.165, 1.54) is 12.1 Å². The van der Waals surface area contributed by atoms with Crippen molar-refractivity contribution in [1.82, 2.24) is 4.90 Å². The number of benzene rings is 1. The maximum Gasteiger partial charge on any atom is 0.227 e. The van der Waals surface area contributed by atoms with E-state index in [2.05, 4.69) is 0 Å². The summed E-state index contributed by atoms with van der Waals surface area (Å²) < 4.78 is 13.1. The summed E-state index contributed by atoms with van der Waals surface area (Å²) in [6.07, 6.45) is 3.81. The van der Waals surface area contributed by atoms with Gasteiger partial charge in [-0.2, -0.15) is 0 Å². The van der Waals surface area contributed by atoms with Gasteiger partial charge in [0.25, 0.3) is 0 Å². The van der Waals surface area contributed by atoms with Crippen LogP contribution in [-0.4, -0.2) is 23.4 Å². The maximum absolute atomic E-state index is 13.1. The summed E-state index contributed by atoms with van der Waals surface area (Å²) in [5, 5.41) is 0.341. The fourth-order valence-corrected chi connectivity index (χ4v) is 3.24. The molecule has 3 nitrogen and oxygen atoms in total. The van der Waals surface area contributed by atoms with Crippen LogP contribution in [0.4, 0.5) is 4.39 Å². The second kappa shape index (κ2) is 7.62. The quantitative estimate of drug-likeness (QED) is 0.903. The largest absolute Gasteiger partial charge is 0.341 e. The Bertz CT molecular complexity index is 537. The number of halogens is 3. The second-order valence-corrected chi connectivity index (χ2v) is 6.64. The lowest BCUT2D eigenvalue weighted by atomic mass is 9.74. The first-order chi connectivity index (χ1) is 9.81. The van der Waals surface area contributed by atoms with E-state index < -0.39 is 5.54 Å². The average Bonchev–Trinajstić information content (AvgIpc) is 2.40. The summed E-state index contributed by atoms with van der Waals surface area (Å²) >= 11 is 6.02. The Labute approximate surface area is 142 Å². The van der Waals surface area contributed by atoms with Gasteiger partial charge in [0.2, 0.25) is 5.91 Å². The Morgan fingerprint density at radius 1 is 1.50 bits per heavy atom. The number of nitrogens with two attached hydrogens (primary N) is 1. The molecular weight excluding hydrogens is 326 g/mol. The van der Waals surface area contributed by atoms with Gasteiger partial charge in [0.15, 0.2) is 0 Å². The average molecular weight is 349 g/mol. The van der Waals surface area contributed by atoms with Crippen LogP contribution in [0.2, 0.25) is 5.02 Å². The van der Waals surface area contributed by atoms with E-state index in [4.69, 9.17) is 17.3 Å². The third-order valence-corrected chi connectivity index (χ3v) is 4.70. The van der Waals surface area contributed by atoms with Gasteiger partial charge in [-0.15, -0.1) is 12.4 Å². The van der Waals surface area contributed by atoms with Gasteiger partial charge >= 0.3 is 0 Å². The van der Waals surface area contributed by atoms with Crippen molar-refractivity contribution in [3.63, 3.8) is 0 Å². The minimum Gasteiger partial charge on any atom is -0.341 e. The van der Waals surface area contributed by atoms with Crippen LogP contribution in [-0.2, 0) is 11.3 Å². The maximum atomic E-state index is 13.1. The van der Waals surface area contributed by atoms with E-state index in [1.54, 1.807) is 18.0 Å². The lowest BCUT2D eigenvalue weighted by Gasteiger charge is -2.39. The van der Waals surface area contributed by atoms with Gasteiger partial charge < -0.3 is 10.6 Å². The lowest BCUT2D eigenvalue weighted by molar-refractivity contribution is -0.138. The monoisotopic (exact) mass is 348 g/mol. The van der Waals surface area contributed by atoms with Crippen molar-refractivity contribution in [2.75, 3.05) is 7.05 Å². The first-order valence-electron chi connectivity index (χ1n) is 7.29. The Hall–Kier alpha value is -0.840. The van der Waals surface area contributed by atoms with Gasteiger partial charge in [-0.1, -0.05) is 30.5 Å². The standard InChI is InChI=1S/C16H22ClFN2O.ClH/c1-16(19)8-4-3-5-13(16)15(21)20(2)10-11-6-7-12(18)9-14(11)17;/h6-7,9,13H,3-5,8,10,19H2,1-2H3;1H. The number of carbonyl (C=O) groups excluding carboxylic acids is 1. The van der Waals surface area contributed by atoms with Crippen LogP contribution in [0, 0.1) is 11.7 Å². The smallest absolute Gasteiger partial charge is 0.227 e. The zero-order valence-electron chi connectivity index (χ0n) is 12.9. The Balaban J connectivity index is 0.00000242. The van der Waals surface area contributed by atoms with Crippen molar-refractivity contribution in [3.05, 3.63) is 34.6 Å². The molecule has 0 heterocycles. The van der Waals surface area contributed by atoms with E-state index in [1.807, 2.05) is 6.92 Å². The van der Waals surface area contributed by atoms with E-state index in [9.17, 15) is 9.18 Å². The highest BCUT2D eigenvalue weighted by atomic mass is 35.5. The molecule has 0 aliphatic heterocycles. The van der Waals surface area contributed by atoms with Gasteiger partial charge in [0.05, 0.1) is 5.92 Å². The molecule has 0 radical (unpaired) electrons. The molecule has 6 heteroatoms. The molecule has 1 aliphatic rings. The number of hydrogen-bond acceptors (Lipinski definition) is 2. The molecule has 1 aliphatic carbocycles. The highest BCUT2D eigenvalue weighted by Gasteiger charge is 2.39. The Morgan fingerprint density at radius 2 is 2.18 bits per heavy atom. The molecule has 1 aromatic carbocycles. The number of nitrogens with zero attached hydrogens (tertiary/aromatic N) is 1. The molecule has 22 heavy (non-hydrogen) atoms. The van der Waals surface area contributed by atoms with Crippen molar-refractivity contribution in [3.8, 4) is 0 Å². The molecule has 2 atom stereocenters. The first kappa shape index (κ1) is 19.2. The van der Waals surface area contributed by atoms with E-state index in [0.29, 0.717) is 11.6 Å². The molecule has 0 spiro atoms. The van der Waals surface area contributed by atoms with Gasteiger partial charge in [-0.05, 0) is 37.5 Å². The van der Waals surface area contributed by atoms with Crippen molar-refractivity contribution in [2.45, 2.75) is 44.7 Å². The molecular formula is C16H23Cl2FN2O. The van der Waals surface area contributed by atoms with Crippen molar-refractivity contribution in [1.29, 1.82) is 0 Å². The molecule has 1 fully saturated rings. The number of hydrogen-bond donors (Lipinski definition) is 1. The van der Waals surface area contributed by atoms with Crippen LogP contribution in [0.5, 0.6) is 0 Å². The van der Waals surface area contributed by atoms with Crippen molar-refractivity contribution >= 4 is 29.9 Å². The summed E-state index contributed by atoms with van der Waals surface area (Å²) in [6, 6.07) is 4.24. The zero-order valence-corrected chi connectivity index (χ0v) is 14.5. The minimum atomic E-state index is -0.448. The summed E-state index contributed by atoms with van der Waals surface area (Å²) in [5.41, 5.74) is 6.57. The van der Waals surface area contributed by atoms with Crippen LogP contribution >= 0.6 is 24.0 Å². The minimum absolute atomic E-state index is 0.